The van der Waals surface area contributed by atoms with E-state index >= 15 is 0 Å². The second kappa shape index (κ2) is 6.79. The van der Waals surface area contributed by atoms with Crippen LogP contribution in [0.4, 0.5) is 0 Å². The molecule has 1 rings (SSSR count). The van der Waals surface area contributed by atoms with Crippen molar-refractivity contribution in [3.05, 3.63) is 28.0 Å². The molecule has 1 heterocycles. The van der Waals surface area contributed by atoms with E-state index in [2.05, 4.69) is 10.3 Å². The fourth-order valence-corrected chi connectivity index (χ4v) is 1.76. The monoisotopic (exact) mass is 276 g/mol. The van der Waals surface area contributed by atoms with E-state index in [0.717, 1.165) is 6.42 Å². The maximum absolute atomic E-state index is 11.7. The lowest BCUT2D eigenvalue weighted by molar-refractivity contribution is 0.0949. The van der Waals surface area contributed by atoms with Gasteiger partial charge in [-0.15, -0.1) is 0 Å². The highest BCUT2D eigenvalue weighted by atomic mass is 35.5. The number of hydrogen-bond donors (Lipinski definition) is 2. The lowest BCUT2D eigenvalue weighted by Gasteiger charge is -2.07. The van der Waals surface area contributed by atoms with E-state index in [1.165, 1.54) is 12.1 Å². The fraction of sp³-hybridized carbons (Fsp3) is 0.455. The number of nitrogens with one attached hydrogen (secondary N) is 1. The van der Waals surface area contributed by atoms with Crippen LogP contribution in [0, 0.1) is 0 Å². The molecule has 2 N–H and O–H groups in total. The van der Waals surface area contributed by atoms with Gasteiger partial charge in [-0.1, -0.05) is 23.2 Å². The molecule has 0 aromatic carbocycles. The van der Waals surface area contributed by atoms with Gasteiger partial charge in [-0.05, 0) is 31.9 Å². The van der Waals surface area contributed by atoms with Gasteiger partial charge in [-0.25, -0.2) is 4.98 Å². The third-order valence-electron chi connectivity index (χ3n) is 2.11. The van der Waals surface area contributed by atoms with Crippen LogP contribution in [-0.4, -0.2) is 28.6 Å². The Kier molecular flexibility index (Phi) is 5.68. The molecule has 0 aliphatic rings. The minimum atomic E-state index is -0.350. The molecule has 94 valence electrons. The van der Waals surface area contributed by atoms with Gasteiger partial charge in [0.1, 0.15) is 10.3 Å². The maximum Gasteiger partial charge on any atom is 0.251 e. The van der Waals surface area contributed by atoms with Gasteiger partial charge in [0.05, 0.1) is 6.10 Å². The number of amides is 1. The summed E-state index contributed by atoms with van der Waals surface area (Å²) in [5.74, 6) is -0.248. The van der Waals surface area contributed by atoms with Gasteiger partial charge >= 0.3 is 0 Å². The first-order chi connectivity index (χ1) is 7.99. The Balaban J connectivity index is 2.47. The maximum atomic E-state index is 11.7. The lowest BCUT2D eigenvalue weighted by Crippen LogP contribution is -2.25. The van der Waals surface area contributed by atoms with Gasteiger partial charge in [0.15, 0.2) is 0 Å². The Morgan fingerprint density at radius 1 is 1.47 bits per heavy atom. The normalized spacial score (nSPS) is 12.2. The summed E-state index contributed by atoms with van der Waals surface area (Å²) in [5, 5.41) is 12.1. The molecular formula is C11H14Cl2N2O2. The van der Waals surface area contributed by atoms with Crippen LogP contribution in [-0.2, 0) is 0 Å². The van der Waals surface area contributed by atoms with Gasteiger partial charge in [-0.2, -0.15) is 0 Å². The topological polar surface area (TPSA) is 62.2 Å². The second-order valence-electron chi connectivity index (χ2n) is 3.75. The molecule has 4 nitrogen and oxygen atoms in total. The molecule has 0 aliphatic heterocycles. The third kappa shape index (κ3) is 5.35. The summed E-state index contributed by atoms with van der Waals surface area (Å²) in [4.78, 5) is 15.4. The quantitative estimate of drug-likeness (QED) is 0.641. The van der Waals surface area contributed by atoms with Crippen LogP contribution in [0.1, 0.15) is 30.1 Å². The Bertz CT molecular complexity index is 377. The standard InChI is InChI=1S/C11H14Cl2N2O2/c1-7(16)3-2-4-14-11(17)8-5-9(12)15-10(13)6-8/h5-7,16H,2-4H2,1H3,(H,14,17). The Morgan fingerprint density at radius 2 is 2.06 bits per heavy atom. The molecule has 0 saturated carbocycles. The average molecular weight is 277 g/mol. The van der Waals surface area contributed by atoms with Crippen LogP contribution in [0.2, 0.25) is 10.3 Å². The average Bonchev–Trinajstić information content (AvgIpc) is 2.22. The molecule has 1 aromatic heterocycles. The predicted molar refractivity (Wildman–Crippen MR) is 67.5 cm³/mol. The van der Waals surface area contributed by atoms with Crippen LogP contribution in [0.5, 0.6) is 0 Å². The van der Waals surface area contributed by atoms with E-state index in [1.54, 1.807) is 6.92 Å². The number of rotatable bonds is 5. The highest BCUT2D eigenvalue weighted by Crippen LogP contribution is 2.14. The van der Waals surface area contributed by atoms with Gasteiger partial charge in [0.25, 0.3) is 5.91 Å². The van der Waals surface area contributed by atoms with Crippen LogP contribution in [0.25, 0.3) is 0 Å². The molecule has 1 atom stereocenters. The Morgan fingerprint density at radius 3 is 2.59 bits per heavy atom. The van der Waals surface area contributed by atoms with Crippen molar-refractivity contribution >= 4 is 29.1 Å². The van der Waals surface area contributed by atoms with Crippen LogP contribution in [0.3, 0.4) is 0 Å². The number of aromatic nitrogens is 1. The zero-order valence-corrected chi connectivity index (χ0v) is 10.9. The van der Waals surface area contributed by atoms with Crippen molar-refractivity contribution in [1.82, 2.24) is 10.3 Å². The molecule has 6 heteroatoms. The van der Waals surface area contributed by atoms with Crippen LogP contribution < -0.4 is 5.32 Å². The molecule has 0 aliphatic carbocycles. The van der Waals surface area contributed by atoms with Crippen molar-refractivity contribution in [1.29, 1.82) is 0 Å². The van der Waals surface area contributed by atoms with Gasteiger partial charge in [-0.3, -0.25) is 4.79 Å². The number of carbonyl (C=O) groups excluding carboxylic acids is 1. The lowest BCUT2D eigenvalue weighted by atomic mass is 10.2. The zero-order valence-electron chi connectivity index (χ0n) is 9.41. The highest BCUT2D eigenvalue weighted by molar-refractivity contribution is 6.33. The van der Waals surface area contributed by atoms with Crippen molar-refractivity contribution in [3.63, 3.8) is 0 Å². The largest absolute Gasteiger partial charge is 0.393 e. The number of pyridine rings is 1. The first kappa shape index (κ1) is 14.2. The summed E-state index contributed by atoms with van der Waals surface area (Å²) >= 11 is 11.4. The zero-order chi connectivity index (χ0) is 12.8. The number of halogens is 2. The van der Waals surface area contributed by atoms with Crippen LogP contribution in [0.15, 0.2) is 12.1 Å². The van der Waals surface area contributed by atoms with Gasteiger partial charge < -0.3 is 10.4 Å². The van der Waals surface area contributed by atoms with Crippen molar-refractivity contribution in [3.8, 4) is 0 Å². The van der Waals surface area contributed by atoms with E-state index in [1.807, 2.05) is 0 Å². The highest BCUT2D eigenvalue weighted by Gasteiger charge is 2.08. The molecule has 1 unspecified atom stereocenters. The smallest absolute Gasteiger partial charge is 0.251 e. The van der Waals surface area contributed by atoms with E-state index in [4.69, 9.17) is 28.3 Å². The van der Waals surface area contributed by atoms with Crippen molar-refractivity contribution in [2.45, 2.75) is 25.9 Å². The summed E-state index contributed by atoms with van der Waals surface area (Å²) in [6.07, 6.45) is 1.02. The van der Waals surface area contributed by atoms with E-state index in [0.29, 0.717) is 18.5 Å². The number of aliphatic hydroxyl groups is 1. The molecule has 0 fully saturated rings. The molecule has 0 saturated heterocycles. The first-order valence-corrected chi connectivity index (χ1v) is 6.04. The molecule has 0 radical (unpaired) electrons. The summed E-state index contributed by atoms with van der Waals surface area (Å²) in [7, 11) is 0. The fourth-order valence-electron chi connectivity index (χ4n) is 1.30. The molecule has 17 heavy (non-hydrogen) atoms. The van der Waals surface area contributed by atoms with Gasteiger partial charge in [0, 0.05) is 12.1 Å². The minimum Gasteiger partial charge on any atom is -0.393 e. The Labute approximate surface area is 110 Å². The first-order valence-electron chi connectivity index (χ1n) is 5.28. The predicted octanol–water partition coefficient (Wildman–Crippen LogP) is 2.28. The number of hydrogen-bond acceptors (Lipinski definition) is 3. The van der Waals surface area contributed by atoms with Gasteiger partial charge in [0.2, 0.25) is 0 Å². The molecule has 1 amide bonds. The number of carbonyl (C=O) groups is 1. The summed E-state index contributed by atoms with van der Waals surface area (Å²) in [6.45, 7) is 2.21. The summed E-state index contributed by atoms with van der Waals surface area (Å²) in [5.41, 5.74) is 0.382. The van der Waals surface area contributed by atoms with E-state index < -0.39 is 0 Å². The van der Waals surface area contributed by atoms with Crippen molar-refractivity contribution in [2.24, 2.45) is 0 Å². The molecule has 1 aromatic rings. The molecule has 0 bridgehead atoms. The van der Waals surface area contributed by atoms with Crippen LogP contribution >= 0.6 is 23.2 Å². The Hall–Kier alpha value is -0.840. The van der Waals surface area contributed by atoms with Crippen molar-refractivity contribution < 1.29 is 9.90 Å². The number of aliphatic hydroxyl groups excluding tert-OH is 1. The van der Waals surface area contributed by atoms with E-state index in [9.17, 15) is 4.79 Å². The molecular weight excluding hydrogens is 263 g/mol. The molecule has 0 spiro atoms. The number of nitrogens with zero attached hydrogens (tertiary/aromatic N) is 1. The summed E-state index contributed by atoms with van der Waals surface area (Å²) in [6, 6.07) is 2.91. The summed E-state index contributed by atoms with van der Waals surface area (Å²) < 4.78 is 0. The second-order valence-corrected chi connectivity index (χ2v) is 4.52. The van der Waals surface area contributed by atoms with E-state index in [-0.39, 0.29) is 22.3 Å². The SMILES string of the molecule is CC(O)CCCNC(=O)c1cc(Cl)nc(Cl)c1. The minimum absolute atomic E-state index is 0.187. The third-order valence-corrected chi connectivity index (χ3v) is 2.50. The van der Waals surface area contributed by atoms with Crippen molar-refractivity contribution in [2.75, 3.05) is 6.54 Å².